The van der Waals surface area contributed by atoms with Gasteiger partial charge in [-0.3, -0.25) is 4.90 Å². The topological polar surface area (TPSA) is 23.5 Å². The number of halogens is 2. The van der Waals surface area contributed by atoms with Crippen molar-refractivity contribution >= 4 is 15.9 Å². The van der Waals surface area contributed by atoms with Crippen LogP contribution in [0, 0.1) is 5.82 Å². The lowest BCUT2D eigenvalue weighted by Gasteiger charge is -2.23. The van der Waals surface area contributed by atoms with Gasteiger partial charge in [0, 0.05) is 12.6 Å². The normalized spacial score (nSPS) is 21.6. The van der Waals surface area contributed by atoms with Crippen molar-refractivity contribution in [1.29, 1.82) is 0 Å². The van der Waals surface area contributed by atoms with Crippen LogP contribution in [-0.2, 0) is 6.54 Å². The van der Waals surface area contributed by atoms with Crippen molar-refractivity contribution in [1.82, 2.24) is 4.90 Å². The molecule has 1 fully saturated rings. The number of hydrogen-bond acceptors (Lipinski definition) is 2. The molecule has 1 heterocycles. The number of benzene rings is 1. The van der Waals surface area contributed by atoms with Crippen molar-refractivity contribution in [2.75, 3.05) is 13.2 Å². The maximum atomic E-state index is 13.3. The van der Waals surface area contributed by atoms with E-state index in [1.165, 1.54) is 6.07 Å². The quantitative estimate of drug-likeness (QED) is 0.924. The molecule has 1 aromatic carbocycles. The molecule has 0 amide bonds. The summed E-state index contributed by atoms with van der Waals surface area (Å²) in [6, 6.07) is 5.32. The first-order valence-corrected chi connectivity index (χ1v) is 6.29. The van der Waals surface area contributed by atoms with Crippen LogP contribution in [0.15, 0.2) is 22.7 Å². The smallest absolute Gasteiger partial charge is 0.137 e. The van der Waals surface area contributed by atoms with Gasteiger partial charge in [-0.15, -0.1) is 0 Å². The molecule has 1 aliphatic heterocycles. The van der Waals surface area contributed by atoms with Gasteiger partial charge in [0.15, 0.2) is 0 Å². The fourth-order valence-corrected chi connectivity index (χ4v) is 2.59. The van der Waals surface area contributed by atoms with Crippen LogP contribution in [0.1, 0.15) is 18.4 Å². The van der Waals surface area contributed by atoms with Gasteiger partial charge >= 0.3 is 0 Å². The summed E-state index contributed by atoms with van der Waals surface area (Å²) in [5, 5.41) is 9.21. The predicted octanol–water partition coefficient (Wildman–Crippen LogP) is 2.54. The SMILES string of the molecule is OCC1CCCN1Cc1cccc(F)c1Br. The standard InChI is InChI=1S/C12H15BrFNO/c13-12-9(3-1-5-11(12)14)7-15-6-2-4-10(15)8-16/h1,3,5,10,16H,2,4,6-8H2. The van der Waals surface area contributed by atoms with Crippen LogP contribution in [-0.4, -0.2) is 29.2 Å². The number of aliphatic hydroxyl groups is 1. The van der Waals surface area contributed by atoms with Crippen LogP contribution in [0.25, 0.3) is 0 Å². The molecule has 1 atom stereocenters. The van der Waals surface area contributed by atoms with Gasteiger partial charge in [0.05, 0.1) is 11.1 Å². The van der Waals surface area contributed by atoms with E-state index in [0.29, 0.717) is 11.0 Å². The lowest BCUT2D eigenvalue weighted by Crippen LogP contribution is -2.31. The fourth-order valence-electron chi connectivity index (χ4n) is 2.20. The van der Waals surface area contributed by atoms with E-state index in [1.54, 1.807) is 6.07 Å². The predicted molar refractivity (Wildman–Crippen MR) is 64.6 cm³/mol. The molecule has 1 unspecified atom stereocenters. The Morgan fingerprint density at radius 1 is 1.50 bits per heavy atom. The average Bonchev–Trinajstić information content (AvgIpc) is 2.72. The van der Waals surface area contributed by atoms with Gasteiger partial charge in [0.2, 0.25) is 0 Å². The van der Waals surface area contributed by atoms with Crippen LogP contribution in [0.2, 0.25) is 0 Å². The van der Waals surface area contributed by atoms with E-state index < -0.39 is 0 Å². The molecule has 88 valence electrons. The van der Waals surface area contributed by atoms with Crippen LogP contribution in [0.5, 0.6) is 0 Å². The highest BCUT2D eigenvalue weighted by Gasteiger charge is 2.24. The van der Waals surface area contributed by atoms with Gasteiger partial charge < -0.3 is 5.11 Å². The first-order chi connectivity index (χ1) is 7.72. The molecule has 0 aromatic heterocycles. The number of hydrogen-bond donors (Lipinski definition) is 1. The van der Waals surface area contributed by atoms with E-state index in [0.717, 1.165) is 24.9 Å². The molecule has 1 aromatic rings. The summed E-state index contributed by atoms with van der Waals surface area (Å²) in [5.74, 6) is -0.225. The highest BCUT2D eigenvalue weighted by molar-refractivity contribution is 9.10. The lowest BCUT2D eigenvalue weighted by molar-refractivity contribution is 0.153. The van der Waals surface area contributed by atoms with Gasteiger partial charge in [0.25, 0.3) is 0 Å². The number of rotatable bonds is 3. The Bertz CT molecular complexity index is 372. The molecule has 16 heavy (non-hydrogen) atoms. The van der Waals surface area contributed by atoms with Gasteiger partial charge in [-0.2, -0.15) is 0 Å². The molecule has 0 aliphatic carbocycles. The van der Waals surface area contributed by atoms with E-state index in [1.807, 2.05) is 6.07 Å². The highest BCUT2D eigenvalue weighted by Crippen LogP contribution is 2.25. The Balaban J connectivity index is 2.11. The van der Waals surface area contributed by atoms with Crippen molar-refractivity contribution in [3.63, 3.8) is 0 Å². The first kappa shape index (κ1) is 12.0. The van der Waals surface area contributed by atoms with Crippen molar-refractivity contribution in [3.8, 4) is 0 Å². The second-order valence-electron chi connectivity index (χ2n) is 4.16. The Labute approximate surface area is 103 Å². The average molecular weight is 288 g/mol. The monoisotopic (exact) mass is 287 g/mol. The summed E-state index contributed by atoms with van der Waals surface area (Å²) in [6.45, 7) is 1.87. The summed E-state index contributed by atoms with van der Waals surface area (Å²) in [5.41, 5.74) is 0.945. The minimum atomic E-state index is -0.225. The molecule has 1 saturated heterocycles. The third-order valence-corrected chi connectivity index (χ3v) is 4.00. The zero-order valence-electron chi connectivity index (χ0n) is 9.00. The van der Waals surface area contributed by atoms with E-state index in [2.05, 4.69) is 20.8 Å². The van der Waals surface area contributed by atoms with Crippen molar-refractivity contribution in [2.45, 2.75) is 25.4 Å². The molecule has 0 spiro atoms. The van der Waals surface area contributed by atoms with Crippen LogP contribution in [0.4, 0.5) is 4.39 Å². The molecule has 2 nitrogen and oxygen atoms in total. The molecule has 4 heteroatoms. The summed E-state index contributed by atoms with van der Waals surface area (Å²) in [4.78, 5) is 2.21. The fraction of sp³-hybridized carbons (Fsp3) is 0.500. The molecule has 1 aliphatic rings. The van der Waals surface area contributed by atoms with E-state index in [4.69, 9.17) is 0 Å². The van der Waals surface area contributed by atoms with E-state index in [9.17, 15) is 9.50 Å². The van der Waals surface area contributed by atoms with Crippen LogP contribution in [0.3, 0.4) is 0 Å². The van der Waals surface area contributed by atoms with Gasteiger partial charge in [0.1, 0.15) is 5.82 Å². The van der Waals surface area contributed by atoms with Crippen molar-refractivity contribution < 1.29 is 9.50 Å². The highest BCUT2D eigenvalue weighted by atomic mass is 79.9. The zero-order chi connectivity index (χ0) is 11.5. The van der Waals surface area contributed by atoms with Crippen LogP contribution >= 0.6 is 15.9 Å². The maximum Gasteiger partial charge on any atom is 0.137 e. The second-order valence-corrected chi connectivity index (χ2v) is 4.96. The van der Waals surface area contributed by atoms with E-state index >= 15 is 0 Å². The Morgan fingerprint density at radius 3 is 3.06 bits per heavy atom. The second kappa shape index (κ2) is 5.25. The zero-order valence-corrected chi connectivity index (χ0v) is 10.6. The molecule has 2 rings (SSSR count). The first-order valence-electron chi connectivity index (χ1n) is 5.50. The number of likely N-dealkylation sites (tertiary alicyclic amines) is 1. The molecular formula is C12H15BrFNO. The van der Waals surface area contributed by atoms with Crippen LogP contribution < -0.4 is 0 Å². The minimum Gasteiger partial charge on any atom is -0.395 e. The summed E-state index contributed by atoms with van der Waals surface area (Å²) >= 11 is 3.27. The largest absolute Gasteiger partial charge is 0.395 e. The minimum absolute atomic E-state index is 0.187. The van der Waals surface area contributed by atoms with Crippen molar-refractivity contribution in [3.05, 3.63) is 34.1 Å². The molecule has 0 bridgehead atoms. The third kappa shape index (κ3) is 2.44. The third-order valence-electron chi connectivity index (χ3n) is 3.11. The number of nitrogens with zero attached hydrogens (tertiary/aromatic N) is 1. The number of aliphatic hydroxyl groups excluding tert-OH is 1. The van der Waals surface area contributed by atoms with Gasteiger partial charge in [-0.1, -0.05) is 12.1 Å². The molecular weight excluding hydrogens is 273 g/mol. The summed E-state index contributed by atoms with van der Waals surface area (Å²) < 4.78 is 13.9. The van der Waals surface area contributed by atoms with E-state index in [-0.39, 0.29) is 18.5 Å². The van der Waals surface area contributed by atoms with Gasteiger partial charge in [-0.05, 0) is 46.9 Å². The molecule has 1 N–H and O–H groups in total. The van der Waals surface area contributed by atoms with Gasteiger partial charge in [-0.25, -0.2) is 4.39 Å². The molecule has 0 saturated carbocycles. The Kier molecular flexibility index (Phi) is 3.95. The molecule has 0 radical (unpaired) electrons. The Morgan fingerprint density at radius 2 is 2.31 bits per heavy atom. The lowest BCUT2D eigenvalue weighted by atomic mass is 10.2. The summed E-state index contributed by atoms with van der Waals surface area (Å²) in [6.07, 6.45) is 2.14. The van der Waals surface area contributed by atoms with Crippen molar-refractivity contribution in [2.24, 2.45) is 0 Å². The Hall–Kier alpha value is -0.450. The maximum absolute atomic E-state index is 13.3. The summed E-state index contributed by atoms with van der Waals surface area (Å²) in [7, 11) is 0.